The summed E-state index contributed by atoms with van der Waals surface area (Å²) in [6.07, 6.45) is 3.97. The van der Waals surface area contributed by atoms with Crippen LogP contribution in [0.4, 0.5) is 5.69 Å². The van der Waals surface area contributed by atoms with Crippen LogP contribution in [0.1, 0.15) is 47.2 Å². The lowest BCUT2D eigenvalue weighted by molar-refractivity contribution is -0.119. The van der Waals surface area contributed by atoms with Gasteiger partial charge in [-0.1, -0.05) is 48.5 Å². The number of carbonyl (C=O) groups excluding carboxylic acids is 2. The van der Waals surface area contributed by atoms with E-state index in [4.69, 9.17) is 4.74 Å². The molecule has 0 saturated carbocycles. The molecule has 3 heterocycles. The highest BCUT2D eigenvalue weighted by molar-refractivity contribution is 5.97. The third kappa shape index (κ3) is 6.85. The number of aryl methyl sites for hydroxylation is 1. The summed E-state index contributed by atoms with van der Waals surface area (Å²) in [4.78, 5) is 35.0. The standard InChI is InChI=1S/C35H42N4O3/c40-34-16-13-29-9-4-5-10-33(29)39(34)31-17-20-38(21-18-31)35(41)30-11-14-32(15-12-30)42-26-6-19-36-22-24-37(25-23-36)27-28-7-2-1-3-8-28/h1-5,7-12,14-15,31H,6,13,16-27H2. The molecule has 0 radical (unpaired) electrons. The van der Waals surface area contributed by atoms with Crippen LogP contribution < -0.4 is 9.64 Å². The first-order chi connectivity index (χ1) is 20.6. The summed E-state index contributed by atoms with van der Waals surface area (Å²) in [5.74, 6) is 1.06. The van der Waals surface area contributed by atoms with Gasteiger partial charge in [-0.25, -0.2) is 0 Å². The Morgan fingerprint density at radius 1 is 0.762 bits per heavy atom. The molecule has 220 valence electrons. The third-order valence-electron chi connectivity index (χ3n) is 8.95. The molecular weight excluding hydrogens is 524 g/mol. The highest BCUT2D eigenvalue weighted by Crippen LogP contribution is 2.32. The number of carbonyl (C=O) groups is 2. The first-order valence-corrected chi connectivity index (χ1v) is 15.5. The van der Waals surface area contributed by atoms with Crippen molar-refractivity contribution in [3.63, 3.8) is 0 Å². The van der Waals surface area contributed by atoms with Gasteiger partial charge in [0, 0.05) is 76.1 Å². The first-order valence-electron chi connectivity index (χ1n) is 15.5. The zero-order valence-electron chi connectivity index (χ0n) is 24.5. The van der Waals surface area contributed by atoms with Gasteiger partial charge in [0.1, 0.15) is 5.75 Å². The van der Waals surface area contributed by atoms with E-state index in [0.29, 0.717) is 31.7 Å². The number of amides is 2. The van der Waals surface area contributed by atoms with Crippen LogP contribution in [0.25, 0.3) is 0 Å². The number of piperidine rings is 1. The number of ether oxygens (including phenoxy) is 1. The summed E-state index contributed by atoms with van der Waals surface area (Å²) in [6.45, 7) is 8.47. The van der Waals surface area contributed by atoms with Crippen molar-refractivity contribution in [1.29, 1.82) is 0 Å². The SMILES string of the molecule is O=C(c1ccc(OCCCN2CCN(Cc3ccccc3)CC2)cc1)N1CCC(N2C(=O)CCc3ccccc32)CC1. The number of piperazine rings is 1. The average molecular weight is 567 g/mol. The minimum atomic E-state index is 0.0526. The van der Waals surface area contributed by atoms with E-state index >= 15 is 0 Å². The van der Waals surface area contributed by atoms with Crippen molar-refractivity contribution in [2.45, 2.75) is 44.7 Å². The summed E-state index contributed by atoms with van der Waals surface area (Å²) in [5, 5.41) is 0. The number of para-hydroxylation sites is 1. The number of fused-ring (bicyclic) bond motifs is 1. The Kier molecular flexibility index (Phi) is 9.16. The highest BCUT2D eigenvalue weighted by Gasteiger charge is 2.33. The van der Waals surface area contributed by atoms with Crippen molar-refractivity contribution < 1.29 is 14.3 Å². The minimum Gasteiger partial charge on any atom is -0.494 e. The lowest BCUT2D eigenvalue weighted by Gasteiger charge is -2.41. The Labute approximate surface area is 249 Å². The van der Waals surface area contributed by atoms with Crippen molar-refractivity contribution in [2.24, 2.45) is 0 Å². The maximum atomic E-state index is 13.2. The van der Waals surface area contributed by atoms with Gasteiger partial charge in [-0.2, -0.15) is 0 Å². The molecule has 0 N–H and O–H groups in total. The van der Waals surface area contributed by atoms with Crippen LogP contribution in [0.5, 0.6) is 5.75 Å². The van der Waals surface area contributed by atoms with Crippen molar-refractivity contribution in [2.75, 3.05) is 57.3 Å². The molecule has 3 aliphatic rings. The zero-order valence-corrected chi connectivity index (χ0v) is 24.5. The van der Waals surface area contributed by atoms with Gasteiger partial charge in [0.15, 0.2) is 0 Å². The fraction of sp³-hybridized carbons (Fsp3) is 0.429. The molecule has 2 amide bonds. The first kappa shape index (κ1) is 28.4. The van der Waals surface area contributed by atoms with E-state index in [9.17, 15) is 9.59 Å². The lowest BCUT2D eigenvalue weighted by Crippen LogP contribution is -2.50. The molecule has 2 fully saturated rings. The average Bonchev–Trinajstić information content (AvgIpc) is 3.04. The van der Waals surface area contributed by atoms with Crippen LogP contribution in [0.15, 0.2) is 78.9 Å². The normalized spacial score (nSPS) is 18.6. The maximum absolute atomic E-state index is 13.2. The van der Waals surface area contributed by atoms with E-state index in [0.717, 1.165) is 76.4 Å². The van der Waals surface area contributed by atoms with E-state index in [2.05, 4.69) is 52.3 Å². The van der Waals surface area contributed by atoms with Gasteiger partial charge in [-0.05, 0) is 67.1 Å². The molecule has 7 heteroatoms. The Morgan fingerprint density at radius 3 is 2.21 bits per heavy atom. The molecule has 0 aromatic heterocycles. The summed E-state index contributed by atoms with van der Waals surface area (Å²) >= 11 is 0. The number of nitrogens with zero attached hydrogens (tertiary/aromatic N) is 4. The molecular formula is C35H42N4O3. The molecule has 0 atom stereocenters. The van der Waals surface area contributed by atoms with Crippen molar-refractivity contribution in [1.82, 2.24) is 14.7 Å². The van der Waals surface area contributed by atoms with Crippen LogP contribution in [-0.2, 0) is 17.8 Å². The topological polar surface area (TPSA) is 56.3 Å². The molecule has 2 saturated heterocycles. The van der Waals surface area contributed by atoms with Crippen molar-refractivity contribution >= 4 is 17.5 Å². The van der Waals surface area contributed by atoms with Gasteiger partial charge in [-0.15, -0.1) is 0 Å². The predicted molar refractivity (Wildman–Crippen MR) is 166 cm³/mol. The lowest BCUT2D eigenvalue weighted by atomic mass is 9.95. The Balaban J connectivity index is 0.906. The quantitative estimate of drug-likeness (QED) is 0.347. The van der Waals surface area contributed by atoms with Gasteiger partial charge in [0.05, 0.1) is 6.61 Å². The fourth-order valence-corrected chi connectivity index (χ4v) is 6.55. The zero-order chi connectivity index (χ0) is 28.7. The van der Waals surface area contributed by atoms with E-state index in [1.54, 1.807) is 0 Å². The number of anilines is 1. The minimum absolute atomic E-state index is 0.0526. The smallest absolute Gasteiger partial charge is 0.253 e. The van der Waals surface area contributed by atoms with Crippen molar-refractivity contribution in [3.05, 3.63) is 95.6 Å². The van der Waals surface area contributed by atoms with Gasteiger partial charge >= 0.3 is 0 Å². The molecule has 7 nitrogen and oxygen atoms in total. The Hall–Kier alpha value is -3.68. The Bertz CT molecular complexity index is 1330. The van der Waals surface area contributed by atoms with Crippen LogP contribution in [0.2, 0.25) is 0 Å². The molecule has 3 aliphatic heterocycles. The molecule has 3 aromatic rings. The summed E-state index contributed by atoms with van der Waals surface area (Å²) in [6, 6.07) is 26.6. The monoisotopic (exact) mass is 566 g/mol. The molecule has 42 heavy (non-hydrogen) atoms. The number of hydrogen-bond donors (Lipinski definition) is 0. The third-order valence-corrected chi connectivity index (χ3v) is 8.95. The van der Waals surface area contributed by atoms with Gasteiger partial charge in [-0.3, -0.25) is 14.5 Å². The van der Waals surface area contributed by atoms with Crippen molar-refractivity contribution in [3.8, 4) is 5.75 Å². The predicted octanol–water partition coefficient (Wildman–Crippen LogP) is 4.86. The van der Waals surface area contributed by atoms with Crippen LogP contribution >= 0.6 is 0 Å². The van der Waals surface area contributed by atoms with Crippen LogP contribution in [0.3, 0.4) is 0 Å². The summed E-state index contributed by atoms with van der Waals surface area (Å²) in [7, 11) is 0. The molecule has 0 bridgehead atoms. The van der Waals surface area contributed by atoms with Crippen LogP contribution in [-0.4, -0.2) is 85.0 Å². The maximum Gasteiger partial charge on any atom is 0.253 e. The van der Waals surface area contributed by atoms with E-state index in [1.807, 2.05) is 46.2 Å². The number of hydrogen-bond acceptors (Lipinski definition) is 5. The highest BCUT2D eigenvalue weighted by atomic mass is 16.5. The molecule has 0 aliphatic carbocycles. The summed E-state index contributed by atoms with van der Waals surface area (Å²) in [5.41, 5.74) is 4.37. The second-order valence-electron chi connectivity index (χ2n) is 11.7. The number of rotatable bonds is 9. The largest absolute Gasteiger partial charge is 0.494 e. The fourth-order valence-electron chi connectivity index (χ4n) is 6.55. The number of likely N-dealkylation sites (tertiary alicyclic amines) is 1. The Morgan fingerprint density at radius 2 is 1.45 bits per heavy atom. The molecule has 0 unspecified atom stereocenters. The van der Waals surface area contributed by atoms with Gasteiger partial charge < -0.3 is 19.4 Å². The second-order valence-corrected chi connectivity index (χ2v) is 11.7. The van der Waals surface area contributed by atoms with Crippen LogP contribution in [0, 0.1) is 0 Å². The summed E-state index contributed by atoms with van der Waals surface area (Å²) < 4.78 is 6.00. The molecule has 3 aromatic carbocycles. The second kappa shape index (κ2) is 13.5. The van der Waals surface area contributed by atoms with Gasteiger partial charge in [0.25, 0.3) is 5.91 Å². The molecule has 0 spiro atoms. The van der Waals surface area contributed by atoms with E-state index < -0.39 is 0 Å². The molecule has 6 rings (SSSR count). The van der Waals surface area contributed by atoms with Gasteiger partial charge in [0.2, 0.25) is 5.91 Å². The number of benzene rings is 3. The van der Waals surface area contributed by atoms with E-state index in [-0.39, 0.29) is 17.9 Å². The van der Waals surface area contributed by atoms with E-state index in [1.165, 1.54) is 11.1 Å².